The van der Waals surface area contributed by atoms with E-state index in [0.717, 1.165) is 12.2 Å². The molecule has 0 unspecified atom stereocenters. The summed E-state index contributed by atoms with van der Waals surface area (Å²) >= 11 is 0. The number of anilines is 2. The summed E-state index contributed by atoms with van der Waals surface area (Å²) in [5.41, 5.74) is 1.62. The van der Waals surface area contributed by atoms with E-state index >= 15 is 0 Å². The molecule has 2 aromatic rings. The van der Waals surface area contributed by atoms with E-state index in [1.807, 2.05) is 12.1 Å². The lowest BCUT2D eigenvalue weighted by Gasteiger charge is -2.27. The maximum absolute atomic E-state index is 12.2. The summed E-state index contributed by atoms with van der Waals surface area (Å²) in [5.74, 6) is -0.296. The molecule has 1 amide bonds. The fourth-order valence-corrected chi connectivity index (χ4v) is 2.36. The molecule has 5 heteroatoms. The first kappa shape index (κ1) is 15.8. The molecule has 2 rings (SSSR count). The second kappa shape index (κ2) is 6.93. The Bertz CT molecular complexity index is 690. The molecule has 116 valence electrons. The molecule has 0 bridgehead atoms. The van der Waals surface area contributed by atoms with Crippen LogP contribution in [0.5, 0.6) is 0 Å². The topological polar surface area (TPSA) is 65.2 Å². The highest BCUT2D eigenvalue weighted by Gasteiger charge is 2.11. The number of nitrogens with one attached hydrogen (secondary N) is 2. The number of aromatic amines is 1. The molecule has 0 aliphatic carbocycles. The summed E-state index contributed by atoms with van der Waals surface area (Å²) in [5, 5.41) is 2.62. The SMILES string of the molecule is CCN(c1ccc(C(=O)Nc2c[nH]ccc2=O)cc1)C(C)C. The first-order valence-corrected chi connectivity index (χ1v) is 7.38. The lowest BCUT2D eigenvalue weighted by atomic mass is 10.1. The lowest BCUT2D eigenvalue weighted by Crippen LogP contribution is -2.30. The molecule has 1 aromatic carbocycles. The summed E-state index contributed by atoms with van der Waals surface area (Å²) in [6.07, 6.45) is 3.00. The van der Waals surface area contributed by atoms with Crippen molar-refractivity contribution in [3.05, 3.63) is 58.5 Å². The van der Waals surface area contributed by atoms with Crippen LogP contribution in [0.1, 0.15) is 31.1 Å². The van der Waals surface area contributed by atoms with Crippen LogP contribution in [0.2, 0.25) is 0 Å². The standard InChI is InChI=1S/C17H21N3O2/c1-4-20(12(2)3)14-7-5-13(6-8-14)17(22)19-15-11-18-10-9-16(15)21/h5-12H,4H2,1-3H3,(H,18,21)(H,19,22). The van der Waals surface area contributed by atoms with E-state index in [1.165, 1.54) is 18.5 Å². The molecule has 0 radical (unpaired) electrons. The van der Waals surface area contributed by atoms with Crippen molar-refractivity contribution in [3.8, 4) is 0 Å². The van der Waals surface area contributed by atoms with Gasteiger partial charge < -0.3 is 15.2 Å². The highest BCUT2D eigenvalue weighted by molar-refractivity contribution is 6.04. The van der Waals surface area contributed by atoms with E-state index in [2.05, 4.69) is 36.0 Å². The van der Waals surface area contributed by atoms with E-state index in [4.69, 9.17) is 0 Å². The van der Waals surface area contributed by atoms with Crippen molar-refractivity contribution in [1.82, 2.24) is 4.98 Å². The number of amides is 1. The van der Waals surface area contributed by atoms with Crippen LogP contribution in [0.4, 0.5) is 11.4 Å². The lowest BCUT2D eigenvalue weighted by molar-refractivity contribution is 0.102. The van der Waals surface area contributed by atoms with Crippen molar-refractivity contribution < 1.29 is 4.79 Å². The van der Waals surface area contributed by atoms with Gasteiger partial charge in [0, 0.05) is 42.3 Å². The highest BCUT2D eigenvalue weighted by Crippen LogP contribution is 2.18. The second-order valence-electron chi connectivity index (χ2n) is 5.30. The number of H-pyrrole nitrogens is 1. The fraction of sp³-hybridized carbons (Fsp3) is 0.294. The third-order valence-corrected chi connectivity index (χ3v) is 3.50. The molecule has 1 aromatic heterocycles. The zero-order chi connectivity index (χ0) is 16.1. The van der Waals surface area contributed by atoms with E-state index in [1.54, 1.807) is 12.1 Å². The molecule has 0 saturated carbocycles. The highest BCUT2D eigenvalue weighted by atomic mass is 16.2. The normalized spacial score (nSPS) is 10.5. The molecule has 5 nitrogen and oxygen atoms in total. The van der Waals surface area contributed by atoms with E-state index in [-0.39, 0.29) is 17.0 Å². The minimum absolute atomic E-state index is 0.222. The van der Waals surface area contributed by atoms with Gasteiger partial charge in [-0.2, -0.15) is 0 Å². The average Bonchev–Trinajstić information content (AvgIpc) is 2.50. The van der Waals surface area contributed by atoms with Crippen molar-refractivity contribution in [2.75, 3.05) is 16.8 Å². The van der Waals surface area contributed by atoms with Crippen LogP contribution in [0.25, 0.3) is 0 Å². The van der Waals surface area contributed by atoms with Crippen LogP contribution in [-0.2, 0) is 0 Å². The van der Waals surface area contributed by atoms with Crippen LogP contribution in [0.15, 0.2) is 47.5 Å². The fourth-order valence-electron chi connectivity index (χ4n) is 2.36. The van der Waals surface area contributed by atoms with Crippen molar-refractivity contribution in [2.45, 2.75) is 26.8 Å². The van der Waals surface area contributed by atoms with Crippen molar-refractivity contribution in [2.24, 2.45) is 0 Å². The zero-order valence-corrected chi connectivity index (χ0v) is 13.1. The Morgan fingerprint density at radius 3 is 2.45 bits per heavy atom. The number of carbonyl (C=O) groups excluding carboxylic acids is 1. The summed E-state index contributed by atoms with van der Waals surface area (Å²) < 4.78 is 0. The Kier molecular flexibility index (Phi) is 4.99. The third kappa shape index (κ3) is 3.55. The Morgan fingerprint density at radius 2 is 1.91 bits per heavy atom. The molecule has 1 heterocycles. The predicted molar refractivity (Wildman–Crippen MR) is 89.6 cm³/mol. The largest absolute Gasteiger partial charge is 0.369 e. The van der Waals surface area contributed by atoms with E-state index in [9.17, 15) is 9.59 Å². The number of pyridine rings is 1. The van der Waals surface area contributed by atoms with Gasteiger partial charge in [-0.1, -0.05) is 0 Å². The summed E-state index contributed by atoms with van der Waals surface area (Å²) in [6, 6.07) is 9.16. The molecule has 0 atom stereocenters. The van der Waals surface area contributed by atoms with Gasteiger partial charge in [0.15, 0.2) is 0 Å². The average molecular weight is 299 g/mol. The quantitative estimate of drug-likeness (QED) is 0.892. The second-order valence-corrected chi connectivity index (χ2v) is 5.30. The van der Waals surface area contributed by atoms with Crippen LogP contribution in [0.3, 0.4) is 0 Å². The molecule has 0 saturated heterocycles. The van der Waals surface area contributed by atoms with Crippen molar-refractivity contribution in [3.63, 3.8) is 0 Å². The van der Waals surface area contributed by atoms with Gasteiger partial charge in [-0.05, 0) is 45.0 Å². The number of aromatic nitrogens is 1. The summed E-state index contributed by atoms with van der Waals surface area (Å²) in [4.78, 5) is 28.8. The van der Waals surface area contributed by atoms with Gasteiger partial charge in [0.05, 0.1) is 0 Å². The Hall–Kier alpha value is -2.56. The smallest absolute Gasteiger partial charge is 0.255 e. The summed E-state index contributed by atoms with van der Waals surface area (Å²) in [7, 11) is 0. The van der Waals surface area contributed by atoms with Crippen LogP contribution in [-0.4, -0.2) is 23.5 Å². The minimum Gasteiger partial charge on any atom is -0.369 e. The van der Waals surface area contributed by atoms with Gasteiger partial charge in [-0.15, -0.1) is 0 Å². The van der Waals surface area contributed by atoms with Gasteiger partial charge in [0.25, 0.3) is 5.91 Å². The Labute approximate surface area is 130 Å². The zero-order valence-electron chi connectivity index (χ0n) is 13.1. The molecule has 0 aliphatic heterocycles. The first-order valence-electron chi connectivity index (χ1n) is 7.38. The molecular weight excluding hydrogens is 278 g/mol. The molecule has 0 fully saturated rings. The van der Waals surface area contributed by atoms with E-state index in [0.29, 0.717) is 11.6 Å². The summed E-state index contributed by atoms with van der Waals surface area (Å²) in [6.45, 7) is 7.27. The molecule has 0 spiro atoms. The monoisotopic (exact) mass is 299 g/mol. The Balaban J connectivity index is 2.15. The predicted octanol–water partition coefficient (Wildman–Crippen LogP) is 2.86. The number of rotatable bonds is 5. The van der Waals surface area contributed by atoms with Gasteiger partial charge in [-0.3, -0.25) is 9.59 Å². The Morgan fingerprint density at radius 1 is 1.23 bits per heavy atom. The van der Waals surface area contributed by atoms with Gasteiger partial charge in [0.2, 0.25) is 5.43 Å². The molecule has 2 N–H and O–H groups in total. The number of carbonyl (C=O) groups is 1. The number of benzene rings is 1. The minimum atomic E-state index is -0.296. The van der Waals surface area contributed by atoms with Crippen molar-refractivity contribution in [1.29, 1.82) is 0 Å². The number of hydrogen-bond donors (Lipinski definition) is 2. The maximum atomic E-state index is 12.2. The first-order chi connectivity index (χ1) is 10.5. The van der Waals surface area contributed by atoms with Crippen LogP contribution in [0, 0.1) is 0 Å². The molecular formula is C17H21N3O2. The molecule has 22 heavy (non-hydrogen) atoms. The van der Waals surface area contributed by atoms with Crippen LogP contribution >= 0.6 is 0 Å². The molecule has 0 aliphatic rings. The number of nitrogens with zero attached hydrogens (tertiary/aromatic N) is 1. The van der Waals surface area contributed by atoms with Crippen LogP contribution < -0.4 is 15.6 Å². The van der Waals surface area contributed by atoms with E-state index < -0.39 is 0 Å². The maximum Gasteiger partial charge on any atom is 0.255 e. The van der Waals surface area contributed by atoms with Gasteiger partial charge in [0.1, 0.15) is 5.69 Å². The van der Waals surface area contributed by atoms with Crippen molar-refractivity contribution >= 4 is 17.3 Å². The van der Waals surface area contributed by atoms with Gasteiger partial charge >= 0.3 is 0 Å². The number of hydrogen-bond acceptors (Lipinski definition) is 3. The third-order valence-electron chi connectivity index (χ3n) is 3.50. The van der Waals surface area contributed by atoms with Gasteiger partial charge in [-0.25, -0.2) is 0 Å².